The van der Waals surface area contributed by atoms with Crippen molar-refractivity contribution in [2.24, 2.45) is 0 Å². The fourth-order valence-corrected chi connectivity index (χ4v) is 4.80. The maximum absolute atomic E-state index is 12.7. The molecule has 1 N–H and O–H groups in total. The van der Waals surface area contributed by atoms with Crippen LogP contribution in [-0.2, 0) is 16.6 Å². The summed E-state index contributed by atoms with van der Waals surface area (Å²) in [6, 6.07) is 21.0. The summed E-state index contributed by atoms with van der Waals surface area (Å²) in [6.07, 6.45) is 3.47. The molecule has 0 atom stereocenters. The molecule has 2 aromatic carbocycles. The van der Waals surface area contributed by atoms with Crippen LogP contribution in [0.4, 0.5) is 0 Å². The molecule has 146 valence electrons. The van der Waals surface area contributed by atoms with Crippen LogP contribution in [0.2, 0.25) is 0 Å². The number of pyridine rings is 1. The van der Waals surface area contributed by atoms with Crippen LogP contribution in [0.25, 0.3) is 21.6 Å². The first-order chi connectivity index (χ1) is 14.0. The fourth-order valence-electron chi connectivity index (χ4n) is 3.07. The minimum Gasteiger partial charge on any atom is -0.264 e. The molecular weight excluding hydrogens is 400 g/mol. The van der Waals surface area contributed by atoms with Gasteiger partial charge in [-0.3, -0.25) is 4.98 Å². The van der Waals surface area contributed by atoms with E-state index in [2.05, 4.69) is 15.8 Å². The number of rotatable bonds is 6. The van der Waals surface area contributed by atoms with E-state index in [0.29, 0.717) is 0 Å². The third-order valence-corrected chi connectivity index (χ3v) is 6.92. The Kier molecular flexibility index (Phi) is 5.58. The van der Waals surface area contributed by atoms with Crippen LogP contribution in [0.15, 0.2) is 89.4 Å². The standard InChI is InChI=1S/C23H20N2O2S2/c1-17-4-2-5-20(12-17)19-7-9-22(10-8-19)29(26,27)25-15-18-13-21(16-24-14-18)23-6-3-11-28-23/h2-14,16,25H,15H2,1H3. The molecule has 0 bridgehead atoms. The Morgan fingerprint density at radius 3 is 2.45 bits per heavy atom. The van der Waals surface area contributed by atoms with E-state index in [4.69, 9.17) is 0 Å². The first kappa shape index (κ1) is 19.5. The summed E-state index contributed by atoms with van der Waals surface area (Å²) in [7, 11) is -3.61. The molecule has 0 saturated heterocycles. The van der Waals surface area contributed by atoms with Gasteiger partial charge in [-0.15, -0.1) is 11.3 Å². The van der Waals surface area contributed by atoms with Gasteiger partial charge in [0.25, 0.3) is 0 Å². The zero-order valence-corrected chi connectivity index (χ0v) is 17.5. The molecule has 6 heteroatoms. The van der Waals surface area contributed by atoms with Gasteiger partial charge in [-0.2, -0.15) is 0 Å². The van der Waals surface area contributed by atoms with Gasteiger partial charge in [-0.1, -0.05) is 48.0 Å². The molecule has 29 heavy (non-hydrogen) atoms. The highest BCUT2D eigenvalue weighted by atomic mass is 32.2. The topological polar surface area (TPSA) is 59.1 Å². The van der Waals surface area contributed by atoms with Gasteiger partial charge in [-0.25, -0.2) is 13.1 Å². The molecule has 0 aliphatic rings. The SMILES string of the molecule is Cc1cccc(-c2ccc(S(=O)(=O)NCc3cncc(-c4cccs4)c3)cc2)c1. The molecule has 0 spiro atoms. The molecule has 0 saturated carbocycles. The molecule has 4 nitrogen and oxygen atoms in total. The van der Waals surface area contributed by atoms with Crippen molar-refractivity contribution in [1.29, 1.82) is 0 Å². The highest BCUT2D eigenvalue weighted by Gasteiger charge is 2.14. The normalized spacial score (nSPS) is 11.5. The van der Waals surface area contributed by atoms with E-state index in [1.807, 2.05) is 60.8 Å². The largest absolute Gasteiger partial charge is 0.264 e. The summed E-state index contributed by atoms with van der Waals surface area (Å²) in [5.41, 5.74) is 5.02. The Labute approximate surface area is 175 Å². The van der Waals surface area contributed by atoms with E-state index in [9.17, 15) is 8.42 Å². The minimum absolute atomic E-state index is 0.189. The van der Waals surface area contributed by atoms with Crippen LogP contribution >= 0.6 is 11.3 Å². The summed E-state index contributed by atoms with van der Waals surface area (Å²) in [5, 5.41) is 2.01. The Morgan fingerprint density at radius 1 is 0.897 bits per heavy atom. The number of nitrogens with zero attached hydrogens (tertiary/aromatic N) is 1. The third kappa shape index (κ3) is 4.62. The van der Waals surface area contributed by atoms with E-state index < -0.39 is 10.0 Å². The van der Waals surface area contributed by atoms with Crippen molar-refractivity contribution in [2.75, 3.05) is 0 Å². The quantitative estimate of drug-likeness (QED) is 0.463. The van der Waals surface area contributed by atoms with Crippen LogP contribution < -0.4 is 4.72 Å². The lowest BCUT2D eigenvalue weighted by atomic mass is 10.0. The van der Waals surface area contributed by atoms with Crippen molar-refractivity contribution in [3.05, 3.63) is 95.6 Å². The van der Waals surface area contributed by atoms with Crippen molar-refractivity contribution in [3.63, 3.8) is 0 Å². The average Bonchev–Trinajstić information content (AvgIpc) is 3.28. The summed E-state index contributed by atoms with van der Waals surface area (Å²) in [4.78, 5) is 5.59. The number of benzene rings is 2. The number of sulfonamides is 1. The van der Waals surface area contributed by atoms with Gasteiger partial charge in [0.2, 0.25) is 10.0 Å². The van der Waals surface area contributed by atoms with Gasteiger partial charge < -0.3 is 0 Å². The smallest absolute Gasteiger partial charge is 0.240 e. The van der Waals surface area contributed by atoms with E-state index in [0.717, 1.165) is 27.1 Å². The molecule has 4 rings (SSSR count). The molecule has 0 aliphatic carbocycles. The van der Waals surface area contributed by atoms with Gasteiger partial charge in [0.1, 0.15) is 0 Å². The number of hydrogen-bond donors (Lipinski definition) is 1. The zero-order chi connectivity index (χ0) is 20.3. The Hall–Kier alpha value is -2.80. The molecule has 2 aromatic heterocycles. The second-order valence-electron chi connectivity index (χ2n) is 6.78. The van der Waals surface area contributed by atoms with Crippen LogP contribution in [0.3, 0.4) is 0 Å². The van der Waals surface area contributed by atoms with Crippen LogP contribution in [-0.4, -0.2) is 13.4 Å². The summed E-state index contributed by atoms with van der Waals surface area (Å²) >= 11 is 1.63. The lowest BCUT2D eigenvalue weighted by Gasteiger charge is -2.09. The van der Waals surface area contributed by atoms with Crippen LogP contribution in [0.1, 0.15) is 11.1 Å². The summed E-state index contributed by atoms with van der Waals surface area (Å²) < 4.78 is 28.1. The van der Waals surface area contributed by atoms with Gasteiger partial charge >= 0.3 is 0 Å². The summed E-state index contributed by atoms with van der Waals surface area (Å²) in [5.74, 6) is 0. The van der Waals surface area contributed by atoms with E-state index in [-0.39, 0.29) is 11.4 Å². The lowest BCUT2D eigenvalue weighted by Crippen LogP contribution is -2.23. The summed E-state index contributed by atoms with van der Waals surface area (Å²) in [6.45, 7) is 2.22. The van der Waals surface area contributed by atoms with E-state index >= 15 is 0 Å². The van der Waals surface area contributed by atoms with E-state index in [1.165, 1.54) is 5.56 Å². The van der Waals surface area contributed by atoms with Gasteiger partial charge in [0, 0.05) is 29.4 Å². The molecule has 0 amide bonds. The molecule has 2 heterocycles. The van der Waals surface area contributed by atoms with Crippen molar-refractivity contribution < 1.29 is 8.42 Å². The number of nitrogens with one attached hydrogen (secondary N) is 1. The molecular formula is C23H20N2O2S2. The predicted molar refractivity (Wildman–Crippen MR) is 118 cm³/mol. The molecule has 0 unspecified atom stereocenters. The van der Waals surface area contributed by atoms with Crippen molar-refractivity contribution in [2.45, 2.75) is 18.4 Å². The highest BCUT2D eigenvalue weighted by molar-refractivity contribution is 7.89. The second-order valence-corrected chi connectivity index (χ2v) is 9.49. The maximum Gasteiger partial charge on any atom is 0.240 e. The molecule has 0 fully saturated rings. The predicted octanol–water partition coefficient (Wildman–Crippen LogP) is 5.26. The number of aryl methyl sites for hydroxylation is 1. The van der Waals surface area contributed by atoms with Crippen molar-refractivity contribution >= 4 is 21.4 Å². The molecule has 0 radical (unpaired) electrons. The third-order valence-electron chi connectivity index (χ3n) is 4.58. The van der Waals surface area contributed by atoms with E-state index in [1.54, 1.807) is 35.9 Å². The second kappa shape index (κ2) is 8.29. The monoisotopic (exact) mass is 420 g/mol. The van der Waals surface area contributed by atoms with Crippen molar-refractivity contribution in [3.8, 4) is 21.6 Å². The fraction of sp³-hybridized carbons (Fsp3) is 0.0870. The minimum atomic E-state index is -3.61. The Morgan fingerprint density at radius 2 is 1.72 bits per heavy atom. The zero-order valence-electron chi connectivity index (χ0n) is 15.9. The first-order valence-electron chi connectivity index (χ1n) is 9.16. The van der Waals surface area contributed by atoms with Gasteiger partial charge in [-0.05, 0) is 53.3 Å². The Balaban J connectivity index is 1.48. The molecule has 4 aromatic rings. The van der Waals surface area contributed by atoms with Gasteiger partial charge in [0.05, 0.1) is 4.90 Å². The number of hydrogen-bond acceptors (Lipinski definition) is 4. The Bertz CT molecular complexity index is 1220. The average molecular weight is 421 g/mol. The maximum atomic E-state index is 12.7. The number of thiophene rings is 1. The highest BCUT2D eigenvalue weighted by Crippen LogP contribution is 2.25. The first-order valence-corrected chi connectivity index (χ1v) is 11.5. The van der Waals surface area contributed by atoms with Crippen LogP contribution in [0, 0.1) is 6.92 Å². The van der Waals surface area contributed by atoms with Crippen molar-refractivity contribution in [1.82, 2.24) is 9.71 Å². The molecule has 0 aliphatic heterocycles. The van der Waals surface area contributed by atoms with Crippen LogP contribution in [0.5, 0.6) is 0 Å². The number of aromatic nitrogens is 1. The lowest BCUT2D eigenvalue weighted by molar-refractivity contribution is 0.581. The van der Waals surface area contributed by atoms with Gasteiger partial charge in [0.15, 0.2) is 0 Å².